The fraction of sp³-hybridized carbons (Fsp3) is 0.333. The van der Waals surface area contributed by atoms with Crippen LogP contribution in [0.3, 0.4) is 0 Å². The van der Waals surface area contributed by atoms with E-state index in [9.17, 15) is 14.4 Å². The van der Waals surface area contributed by atoms with E-state index in [0.717, 1.165) is 25.9 Å². The van der Waals surface area contributed by atoms with Crippen LogP contribution in [-0.4, -0.2) is 34.9 Å². The number of H-pyrrole nitrogens is 1. The molecule has 1 atom stereocenters. The van der Waals surface area contributed by atoms with Crippen molar-refractivity contribution in [2.24, 2.45) is 0 Å². The Balaban J connectivity index is 1.68. The fourth-order valence-corrected chi connectivity index (χ4v) is 3.63. The van der Waals surface area contributed by atoms with E-state index >= 15 is 0 Å². The highest BCUT2D eigenvalue weighted by Crippen LogP contribution is 2.31. The van der Waals surface area contributed by atoms with Gasteiger partial charge in [0.25, 0.3) is 5.56 Å². The van der Waals surface area contributed by atoms with Crippen LogP contribution in [0.2, 0.25) is 5.02 Å². The van der Waals surface area contributed by atoms with Crippen molar-refractivity contribution in [2.45, 2.75) is 25.2 Å². The molecule has 2 aliphatic heterocycles. The first kappa shape index (κ1) is 17.5. The molecule has 0 radical (unpaired) electrons. The first-order chi connectivity index (χ1) is 13.0. The third kappa shape index (κ3) is 3.40. The standard InChI is InChI=1S/C18H18ClN5O3/c19-11-5-1-2-6-12(11)20-16(26)10-9-13(25)21-15-14(10)17(27)23-18(22-15)24-7-3-4-8-24/h1-2,5-6,10H,3-4,7-9H2,(H,20,26)(H2,21,22,23,25,27)/t10-/m1/s1. The van der Waals surface area contributed by atoms with Crippen LogP contribution in [0.1, 0.15) is 30.7 Å². The Morgan fingerprint density at radius 2 is 1.96 bits per heavy atom. The van der Waals surface area contributed by atoms with E-state index in [0.29, 0.717) is 16.7 Å². The lowest BCUT2D eigenvalue weighted by Gasteiger charge is -2.25. The van der Waals surface area contributed by atoms with Crippen molar-refractivity contribution in [3.05, 3.63) is 45.2 Å². The van der Waals surface area contributed by atoms with Crippen molar-refractivity contribution < 1.29 is 9.59 Å². The number of halogens is 1. The molecule has 0 unspecified atom stereocenters. The number of fused-ring (bicyclic) bond motifs is 1. The number of amides is 2. The summed E-state index contributed by atoms with van der Waals surface area (Å²) in [5.74, 6) is -1.19. The summed E-state index contributed by atoms with van der Waals surface area (Å²) in [7, 11) is 0. The van der Waals surface area contributed by atoms with Gasteiger partial charge in [-0.1, -0.05) is 23.7 Å². The van der Waals surface area contributed by atoms with Crippen molar-refractivity contribution in [1.82, 2.24) is 9.97 Å². The smallest absolute Gasteiger partial charge is 0.258 e. The second kappa shape index (κ2) is 7.03. The molecule has 3 N–H and O–H groups in total. The summed E-state index contributed by atoms with van der Waals surface area (Å²) in [6.07, 6.45) is 1.92. The Labute approximate surface area is 159 Å². The van der Waals surface area contributed by atoms with Gasteiger partial charge in [0.1, 0.15) is 5.82 Å². The van der Waals surface area contributed by atoms with E-state index in [4.69, 9.17) is 11.6 Å². The topological polar surface area (TPSA) is 107 Å². The molecular weight excluding hydrogens is 370 g/mol. The first-order valence-corrected chi connectivity index (χ1v) is 9.15. The van der Waals surface area contributed by atoms with E-state index in [1.165, 1.54) is 0 Å². The number of anilines is 3. The molecule has 140 valence electrons. The molecule has 1 fully saturated rings. The number of hydrogen-bond acceptors (Lipinski definition) is 5. The van der Waals surface area contributed by atoms with Crippen molar-refractivity contribution in [3.63, 3.8) is 0 Å². The zero-order valence-corrected chi connectivity index (χ0v) is 15.2. The molecule has 0 bridgehead atoms. The molecule has 9 heteroatoms. The van der Waals surface area contributed by atoms with Crippen molar-refractivity contribution in [3.8, 4) is 0 Å². The summed E-state index contributed by atoms with van der Waals surface area (Å²) in [4.78, 5) is 46.7. The van der Waals surface area contributed by atoms with E-state index in [2.05, 4.69) is 20.6 Å². The maximum absolute atomic E-state index is 12.8. The van der Waals surface area contributed by atoms with Crippen LogP contribution in [0.15, 0.2) is 29.1 Å². The van der Waals surface area contributed by atoms with E-state index in [1.807, 2.05) is 4.90 Å². The number of aromatic nitrogens is 2. The highest BCUT2D eigenvalue weighted by Gasteiger charge is 2.35. The third-order valence-corrected chi connectivity index (χ3v) is 5.12. The van der Waals surface area contributed by atoms with Gasteiger partial charge in [0.05, 0.1) is 22.2 Å². The minimum Gasteiger partial charge on any atom is -0.342 e. The molecule has 27 heavy (non-hydrogen) atoms. The molecule has 3 heterocycles. The molecular formula is C18H18ClN5O3. The lowest BCUT2D eigenvalue weighted by molar-refractivity contribution is -0.123. The highest BCUT2D eigenvalue weighted by atomic mass is 35.5. The minimum absolute atomic E-state index is 0.128. The zero-order chi connectivity index (χ0) is 19.0. The monoisotopic (exact) mass is 387 g/mol. The van der Waals surface area contributed by atoms with Crippen molar-refractivity contribution in [1.29, 1.82) is 0 Å². The molecule has 1 aromatic heterocycles. The number of nitrogens with zero attached hydrogens (tertiary/aromatic N) is 2. The van der Waals surface area contributed by atoms with Crippen LogP contribution in [-0.2, 0) is 9.59 Å². The molecule has 4 rings (SSSR count). The summed E-state index contributed by atoms with van der Waals surface area (Å²) in [6, 6.07) is 6.79. The van der Waals surface area contributed by atoms with Crippen LogP contribution in [0.5, 0.6) is 0 Å². The number of carbonyl (C=O) groups excluding carboxylic acids is 2. The van der Waals surface area contributed by atoms with Crippen molar-refractivity contribution >= 4 is 40.9 Å². The summed E-state index contributed by atoms with van der Waals surface area (Å²) >= 11 is 6.08. The largest absolute Gasteiger partial charge is 0.342 e. The van der Waals surface area contributed by atoms with Crippen LogP contribution in [0.25, 0.3) is 0 Å². The minimum atomic E-state index is -0.936. The first-order valence-electron chi connectivity index (χ1n) is 8.77. The predicted molar refractivity (Wildman–Crippen MR) is 102 cm³/mol. The average Bonchev–Trinajstić information content (AvgIpc) is 3.17. The van der Waals surface area contributed by atoms with Crippen LogP contribution < -0.4 is 21.1 Å². The highest BCUT2D eigenvalue weighted by molar-refractivity contribution is 6.33. The molecule has 0 saturated carbocycles. The van der Waals surface area contributed by atoms with Gasteiger partial charge in [0.2, 0.25) is 17.8 Å². The summed E-state index contributed by atoms with van der Waals surface area (Å²) in [6.45, 7) is 1.60. The van der Waals surface area contributed by atoms with E-state index in [-0.39, 0.29) is 23.7 Å². The normalized spacial score (nSPS) is 18.8. The van der Waals surface area contributed by atoms with Crippen LogP contribution in [0.4, 0.5) is 17.5 Å². The lowest BCUT2D eigenvalue weighted by atomic mass is 9.92. The number of hydrogen-bond donors (Lipinski definition) is 3. The summed E-state index contributed by atoms with van der Waals surface area (Å²) in [5.41, 5.74) is 0.179. The maximum atomic E-state index is 12.8. The molecule has 8 nitrogen and oxygen atoms in total. The van der Waals surface area contributed by atoms with Gasteiger partial charge < -0.3 is 15.5 Å². The Morgan fingerprint density at radius 3 is 2.70 bits per heavy atom. The summed E-state index contributed by atoms with van der Waals surface area (Å²) in [5, 5.41) is 5.70. The number of para-hydroxylation sites is 1. The number of carbonyl (C=O) groups is 2. The summed E-state index contributed by atoms with van der Waals surface area (Å²) < 4.78 is 0. The molecule has 1 saturated heterocycles. The van der Waals surface area contributed by atoms with Gasteiger partial charge in [0.15, 0.2) is 0 Å². The lowest BCUT2D eigenvalue weighted by Crippen LogP contribution is -2.37. The van der Waals surface area contributed by atoms with Crippen molar-refractivity contribution in [2.75, 3.05) is 28.6 Å². The fourth-order valence-electron chi connectivity index (χ4n) is 3.44. The van der Waals surface area contributed by atoms with Crippen LogP contribution >= 0.6 is 11.6 Å². The zero-order valence-electron chi connectivity index (χ0n) is 14.4. The quantitative estimate of drug-likeness (QED) is 0.747. The molecule has 2 amide bonds. The molecule has 2 aromatic rings. The van der Waals surface area contributed by atoms with Gasteiger partial charge in [-0.2, -0.15) is 4.98 Å². The Kier molecular flexibility index (Phi) is 4.57. The van der Waals surface area contributed by atoms with Gasteiger partial charge in [0, 0.05) is 19.5 Å². The number of aromatic amines is 1. The molecule has 0 aliphatic carbocycles. The molecule has 0 spiro atoms. The number of nitrogens with one attached hydrogen (secondary N) is 3. The number of rotatable bonds is 3. The average molecular weight is 388 g/mol. The second-order valence-corrected chi connectivity index (χ2v) is 7.03. The van der Waals surface area contributed by atoms with Gasteiger partial charge in [-0.25, -0.2) is 0 Å². The Bertz CT molecular complexity index is 968. The Morgan fingerprint density at radius 1 is 1.22 bits per heavy atom. The maximum Gasteiger partial charge on any atom is 0.258 e. The predicted octanol–water partition coefficient (Wildman–Crippen LogP) is 2.09. The van der Waals surface area contributed by atoms with Gasteiger partial charge >= 0.3 is 0 Å². The second-order valence-electron chi connectivity index (χ2n) is 6.62. The molecule has 1 aromatic carbocycles. The SMILES string of the molecule is O=C1C[C@@H](C(=O)Nc2ccccc2Cl)c2c(nc(N3CCCC3)[nH]c2=O)N1. The van der Waals surface area contributed by atoms with E-state index < -0.39 is 17.4 Å². The Hall–Kier alpha value is -2.87. The van der Waals surface area contributed by atoms with Gasteiger partial charge in [-0.15, -0.1) is 0 Å². The molecule has 2 aliphatic rings. The van der Waals surface area contributed by atoms with Gasteiger partial charge in [-0.3, -0.25) is 19.4 Å². The number of benzene rings is 1. The van der Waals surface area contributed by atoms with Gasteiger partial charge in [-0.05, 0) is 25.0 Å². The van der Waals surface area contributed by atoms with E-state index in [1.54, 1.807) is 24.3 Å². The van der Waals surface area contributed by atoms with Crippen LogP contribution in [0, 0.1) is 0 Å². The third-order valence-electron chi connectivity index (χ3n) is 4.79.